The van der Waals surface area contributed by atoms with Crippen LogP contribution in [0.4, 0.5) is 10.1 Å². The van der Waals surface area contributed by atoms with Gasteiger partial charge in [-0.2, -0.15) is 5.26 Å². The van der Waals surface area contributed by atoms with Crippen LogP contribution in [0.5, 0.6) is 0 Å². The fraction of sp³-hybridized carbons (Fsp3) is 0.300. The minimum absolute atomic E-state index is 0.0355. The normalized spacial score (nSPS) is 24.9. The van der Waals surface area contributed by atoms with Crippen LogP contribution in [-0.4, -0.2) is 36.2 Å². The van der Waals surface area contributed by atoms with E-state index < -0.39 is 17.3 Å². The van der Waals surface area contributed by atoms with Gasteiger partial charge in [0.2, 0.25) is 0 Å². The van der Waals surface area contributed by atoms with E-state index in [4.69, 9.17) is 32.1 Å². The Hall–Kier alpha value is -3.22. The maximum absolute atomic E-state index is 14.8. The second-order valence-electron chi connectivity index (χ2n) is 7.21. The summed E-state index contributed by atoms with van der Waals surface area (Å²) in [6, 6.07) is 7.38. The fourth-order valence-electron chi connectivity index (χ4n) is 3.78. The van der Waals surface area contributed by atoms with Crippen LogP contribution in [0, 0.1) is 23.1 Å². The summed E-state index contributed by atoms with van der Waals surface area (Å²) in [7, 11) is 0. The van der Waals surface area contributed by atoms with Gasteiger partial charge in [0.15, 0.2) is 0 Å². The molecule has 0 unspecified atom stereocenters. The molecule has 1 aromatic carbocycles. The summed E-state index contributed by atoms with van der Waals surface area (Å²) in [5.74, 6) is -1.32. The Balaban J connectivity index is 1.66. The highest BCUT2D eigenvalue weighted by Crippen LogP contribution is 2.43. The molecule has 1 saturated heterocycles. The van der Waals surface area contributed by atoms with Gasteiger partial charge >= 0.3 is 0 Å². The molecule has 2 aliphatic heterocycles. The molecule has 8 nitrogen and oxygen atoms in total. The molecule has 3 heterocycles. The second kappa shape index (κ2) is 7.55. The third kappa shape index (κ3) is 3.44. The standard InChI is InChI=1S/C20H17ClFN5O3/c1-20(13-8-29-9-16(13)30-19(24)27-20)12-5-11(2-3-15(12)22)26-18(28)17-14(21)4-10(6-23)7-25-17/h2-5,7,13,16H,8-9H2,1H3,(H2,24,27)(H,26,28)/t13-,16+,20-/m0/s1. The van der Waals surface area contributed by atoms with Crippen molar-refractivity contribution in [3.05, 3.63) is 58.1 Å². The predicted molar refractivity (Wildman–Crippen MR) is 106 cm³/mol. The first-order chi connectivity index (χ1) is 14.3. The summed E-state index contributed by atoms with van der Waals surface area (Å²) in [4.78, 5) is 20.9. The highest BCUT2D eigenvalue weighted by atomic mass is 35.5. The molecule has 3 atom stereocenters. The molecule has 1 fully saturated rings. The number of hydrogen-bond acceptors (Lipinski definition) is 7. The number of halogens is 2. The van der Waals surface area contributed by atoms with Crippen molar-refractivity contribution in [3.63, 3.8) is 0 Å². The number of benzene rings is 1. The average molecular weight is 430 g/mol. The summed E-state index contributed by atoms with van der Waals surface area (Å²) in [6.07, 6.45) is 0.921. The van der Waals surface area contributed by atoms with E-state index in [0.29, 0.717) is 18.9 Å². The number of anilines is 1. The molecule has 3 N–H and O–H groups in total. The molecule has 30 heavy (non-hydrogen) atoms. The Morgan fingerprint density at radius 2 is 2.23 bits per heavy atom. The Morgan fingerprint density at radius 3 is 2.97 bits per heavy atom. The van der Waals surface area contributed by atoms with Crippen LogP contribution >= 0.6 is 11.6 Å². The Morgan fingerprint density at radius 1 is 1.43 bits per heavy atom. The number of carbonyl (C=O) groups excluding carboxylic acids is 1. The van der Waals surface area contributed by atoms with Gasteiger partial charge in [-0.1, -0.05) is 11.6 Å². The monoisotopic (exact) mass is 429 g/mol. The predicted octanol–water partition coefficient (Wildman–Crippen LogP) is 2.57. The van der Waals surface area contributed by atoms with Crippen LogP contribution in [0.1, 0.15) is 28.5 Å². The van der Waals surface area contributed by atoms with Crippen LogP contribution in [0.15, 0.2) is 35.5 Å². The van der Waals surface area contributed by atoms with E-state index in [-0.39, 0.29) is 39.9 Å². The molecule has 0 saturated carbocycles. The maximum atomic E-state index is 14.8. The number of ether oxygens (including phenoxy) is 2. The number of carbonyl (C=O) groups is 1. The number of nitrogens with two attached hydrogens (primary N) is 1. The molecular formula is C20H17ClFN5O3. The summed E-state index contributed by atoms with van der Waals surface area (Å²) in [5, 5.41) is 11.6. The van der Waals surface area contributed by atoms with Gasteiger partial charge in [0.25, 0.3) is 11.9 Å². The molecule has 0 bridgehead atoms. The fourth-order valence-corrected chi connectivity index (χ4v) is 4.03. The number of rotatable bonds is 3. The lowest BCUT2D eigenvalue weighted by atomic mass is 9.77. The number of nitrogens with zero attached hydrogens (tertiary/aromatic N) is 3. The molecule has 0 radical (unpaired) electrons. The molecule has 0 aliphatic carbocycles. The van der Waals surface area contributed by atoms with E-state index in [1.807, 2.05) is 6.07 Å². The van der Waals surface area contributed by atoms with Gasteiger partial charge in [0.1, 0.15) is 23.7 Å². The highest BCUT2D eigenvalue weighted by Gasteiger charge is 2.50. The molecule has 0 spiro atoms. The third-order valence-electron chi connectivity index (χ3n) is 5.32. The molecule has 2 aromatic rings. The SMILES string of the molecule is C[C@@]1(c2cc(NC(=O)c3ncc(C#N)cc3Cl)ccc2F)N=C(N)O[C@@H]2COC[C@@H]21. The van der Waals surface area contributed by atoms with E-state index in [9.17, 15) is 9.18 Å². The van der Waals surface area contributed by atoms with Gasteiger partial charge < -0.3 is 20.5 Å². The summed E-state index contributed by atoms with van der Waals surface area (Å²) < 4.78 is 25.8. The van der Waals surface area contributed by atoms with E-state index in [0.717, 1.165) is 0 Å². The molecule has 1 amide bonds. The van der Waals surface area contributed by atoms with E-state index in [1.54, 1.807) is 6.92 Å². The van der Waals surface area contributed by atoms with Crippen LogP contribution in [0.2, 0.25) is 5.02 Å². The maximum Gasteiger partial charge on any atom is 0.283 e. The first-order valence-corrected chi connectivity index (χ1v) is 9.46. The largest absolute Gasteiger partial charge is 0.459 e. The molecule has 1 aromatic heterocycles. The zero-order valence-electron chi connectivity index (χ0n) is 15.9. The lowest BCUT2D eigenvalue weighted by Gasteiger charge is -2.38. The number of hydrogen-bond donors (Lipinski definition) is 2. The molecular weight excluding hydrogens is 413 g/mol. The lowest BCUT2D eigenvalue weighted by Crippen LogP contribution is -2.47. The highest BCUT2D eigenvalue weighted by molar-refractivity contribution is 6.34. The van der Waals surface area contributed by atoms with E-state index in [2.05, 4.69) is 15.3 Å². The van der Waals surface area contributed by atoms with Crippen LogP contribution in [0.25, 0.3) is 0 Å². The van der Waals surface area contributed by atoms with Gasteiger partial charge in [-0.05, 0) is 31.2 Å². The first-order valence-electron chi connectivity index (χ1n) is 9.08. The van der Waals surface area contributed by atoms with Crippen molar-refractivity contribution >= 4 is 29.2 Å². The van der Waals surface area contributed by atoms with Crippen molar-refractivity contribution < 1.29 is 18.7 Å². The van der Waals surface area contributed by atoms with Gasteiger partial charge in [0, 0.05) is 17.4 Å². The number of amides is 1. The average Bonchev–Trinajstić information content (AvgIpc) is 3.18. The number of nitrogens with one attached hydrogen (secondary N) is 1. The zero-order valence-corrected chi connectivity index (χ0v) is 16.6. The quantitative estimate of drug-likeness (QED) is 0.773. The zero-order chi connectivity index (χ0) is 21.5. The molecule has 10 heteroatoms. The van der Waals surface area contributed by atoms with Crippen molar-refractivity contribution in [3.8, 4) is 6.07 Å². The van der Waals surface area contributed by atoms with Crippen molar-refractivity contribution in [2.75, 3.05) is 18.5 Å². The minimum Gasteiger partial charge on any atom is -0.459 e. The van der Waals surface area contributed by atoms with E-state index >= 15 is 0 Å². The summed E-state index contributed by atoms with van der Waals surface area (Å²) >= 11 is 6.05. The number of nitriles is 1. The molecule has 4 rings (SSSR count). The Labute approximate surface area is 176 Å². The van der Waals surface area contributed by atoms with Crippen LogP contribution < -0.4 is 11.1 Å². The lowest BCUT2D eigenvalue weighted by molar-refractivity contribution is 0.0817. The molecule has 2 aliphatic rings. The Kier molecular flexibility index (Phi) is 5.05. The summed E-state index contributed by atoms with van der Waals surface area (Å²) in [6.45, 7) is 2.45. The van der Waals surface area contributed by atoms with Crippen LogP contribution in [-0.2, 0) is 15.0 Å². The summed E-state index contributed by atoms with van der Waals surface area (Å²) in [5.41, 5.74) is 5.56. The number of pyridine rings is 1. The third-order valence-corrected chi connectivity index (χ3v) is 5.61. The van der Waals surface area contributed by atoms with Gasteiger partial charge in [-0.25, -0.2) is 14.4 Å². The number of fused-ring (bicyclic) bond motifs is 1. The topological polar surface area (TPSA) is 123 Å². The van der Waals surface area contributed by atoms with Gasteiger partial charge in [-0.3, -0.25) is 4.79 Å². The van der Waals surface area contributed by atoms with Crippen molar-refractivity contribution in [1.82, 2.24) is 4.98 Å². The first kappa shape index (κ1) is 20.1. The van der Waals surface area contributed by atoms with Gasteiger partial charge in [-0.15, -0.1) is 0 Å². The minimum atomic E-state index is -1.03. The van der Waals surface area contributed by atoms with Crippen LogP contribution in [0.3, 0.4) is 0 Å². The van der Waals surface area contributed by atoms with Crippen molar-refractivity contribution in [1.29, 1.82) is 5.26 Å². The van der Waals surface area contributed by atoms with Crippen molar-refractivity contribution in [2.45, 2.75) is 18.6 Å². The number of amidine groups is 1. The second-order valence-corrected chi connectivity index (χ2v) is 7.62. The number of aromatic nitrogens is 1. The molecule has 154 valence electrons. The smallest absolute Gasteiger partial charge is 0.283 e. The van der Waals surface area contributed by atoms with Gasteiger partial charge in [0.05, 0.1) is 35.3 Å². The van der Waals surface area contributed by atoms with E-state index in [1.165, 1.54) is 30.5 Å². The Bertz CT molecular complexity index is 1100. The van der Waals surface area contributed by atoms with Crippen molar-refractivity contribution in [2.24, 2.45) is 16.6 Å². The number of aliphatic imine (C=N–C) groups is 1.